The van der Waals surface area contributed by atoms with E-state index >= 15 is 0 Å². The number of aliphatic hydroxyl groups is 1. The standard InChI is InChI=1S/C15H19NO/c1-3-4-5-12-6-7-15-14(9-12)13(10-17)8-11(2)16-15/h6-9,17H,3-5,10H2,1-2H3. The number of hydrogen-bond acceptors (Lipinski definition) is 2. The van der Waals surface area contributed by atoms with Crippen LogP contribution < -0.4 is 0 Å². The first kappa shape index (κ1) is 12.1. The van der Waals surface area contributed by atoms with Crippen molar-refractivity contribution < 1.29 is 5.11 Å². The van der Waals surface area contributed by atoms with E-state index in [1.54, 1.807) is 0 Å². The summed E-state index contributed by atoms with van der Waals surface area (Å²) in [4.78, 5) is 4.49. The third kappa shape index (κ3) is 2.64. The molecule has 2 rings (SSSR count). The number of aryl methyl sites for hydroxylation is 2. The second-order valence-electron chi connectivity index (χ2n) is 4.54. The Kier molecular flexibility index (Phi) is 3.75. The summed E-state index contributed by atoms with van der Waals surface area (Å²) in [5, 5.41) is 10.5. The molecule has 0 aliphatic rings. The van der Waals surface area contributed by atoms with Crippen molar-refractivity contribution in [2.45, 2.75) is 39.7 Å². The van der Waals surface area contributed by atoms with E-state index in [-0.39, 0.29) is 6.61 Å². The number of fused-ring (bicyclic) bond motifs is 1. The number of hydrogen-bond donors (Lipinski definition) is 1. The molecule has 0 saturated heterocycles. The van der Waals surface area contributed by atoms with Gasteiger partial charge in [-0.15, -0.1) is 0 Å². The predicted molar refractivity (Wildman–Crippen MR) is 71.0 cm³/mol. The first-order valence-electron chi connectivity index (χ1n) is 6.24. The summed E-state index contributed by atoms with van der Waals surface area (Å²) < 4.78 is 0. The molecule has 1 aromatic heterocycles. The zero-order chi connectivity index (χ0) is 12.3. The van der Waals surface area contributed by atoms with Gasteiger partial charge in [0.2, 0.25) is 0 Å². The van der Waals surface area contributed by atoms with Crippen molar-refractivity contribution >= 4 is 10.9 Å². The molecule has 0 bridgehead atoms. The molecule has 90 valence electrons. The summed E-state index contributed by atoms with van der Waals surface area (Å²) in [6, 6.07) is 8.34. The fourth-order valence-electron chi connectivity index (χ4n) is 2.16. The van der Waals surface area contributed by atoms with Crippen LogP contribution in [0.3, 0.4) is 0 Å². The van der Waals surface area contributed by atoms with Crippen LogP contribution in [0.2, 0.25) is 0 Å². The summed E-state index contributed by atoms with van der Waals surface area (Å²) >= 11 is 0. The van der Waals surface area contributed by atoms with Gasteiger partial charge < -0.3 is 5.11 Å². The third-order valence-corrected chi connectivity index (χ3v) is 3.08. The lowest BCUT2D eigenvalue weighted by atomic mass is 10.0. The Morgan fingerprint density at radius 3 is 2.76 bits per heavy atom. The van der Waals surface area contributed by atoms with E-state index in [4.69, 9.17) is 0 Å². The van der Waals surface area contributed by atoms with Crippen molar-refractivity contribution in [3.63, 3.8) is 0 Å². The van der Waals surface area contributed by atoms with Gasteiger partial charge in [-0.1, -0.05) is 19.4 Å². The Morgan fingerprint density at radius 1 is 1.24 bits per heavy atom. The molecule has 2 nitrogen and oxygen atoms in total. The highest BCUT2D eigenvalue weighted by Crippen LogP contribution is 2.21. The van der Waals surface area contributed by atoms with Gasteiger partial charge in [-0.3, -0.25) is 4.98 Å². The van der Waals surface area contributed by atoms with Crippen LogP contribution in [0.15, 0.2) is 24.3 Å². The zero-order valence-electron chi connectivity index (χ0n) is 10.5. The van der Waals surface area contributed by atoms with E-state index in [1.807, 2.05) is 13.0 Å². The normalized spacial score (nSPS) is 11.0. The highest BCUT2D eigenvalue weighted by atomic mass is 16.3. The number of pyridine rings is 1. The molecule has 0 unspecified atom stereocenters. The average molecular weight is 229 g/mol. The Morgan fingerprint density at radius 2 is 2.06 bits per heavy atom. The second kappa shape index (κ2) is 5.28. The van der Waals surface area contributed by atoms with Crippen LogP contribution in [0.5, 0.6) is 0 Å². The van der Waals surface area contributed by atoms with Crippen molar-refractivity contribution in [1.29, 1.82) is 0 Å². The summed E-state index contributed by atoms with van der Waals surface area (Å²) in [7, 11) is 0. The van der Waals surface area contributed by atoms with Crippen molar-refractivity contribution in [2.75, 3.05) is 0 Å². The minimum Gasteiger partial charge on any atom is -0.392 e. The SMILES string of the molecule is CCCCc1ccc2nc(C)cc(CO)c2c1. The van der Waals surface area contributed by atoms with E-state index < -0.39 is 0 Å². The summed E-state index contributed by atoms with van der Waals surface area (Å²) in [6.45, 7) is 4.24. The molecule has 0 radical (unpaired) electrons. The number of rotatable bonds is 4. The Bertz CT molecular complexity index is 520. The third-order valence-electron chi connectivity index (χ3n) is 3.08. The van der Waals surface area contributed by atoms with E-state index in [2.05, 4.69) is 30.1 Å². The molecule has 0 aliphatic carbocycles. The van der Waals surface area contributed by atoms with Crippen LogP contribution in [-0.2, 0) is 13.0 Å². The van der Waals surface area contributed by atoms with Gasteiger partial charge in [-0.05, 0) is 49.1 Å². The molecule has 0 atom stereocenters. The van der Waals surface area contributed by atoms with Gasteiger partial charge in [0.25, 0.3) is 0 Å². The van der Waals surface area contributed by atoms with Crippen LogP contribution in [0.4, 0.5) is 0 Å². The van der Waals surface area contributed by atoms with Crippen LogP contribution in [-0.4, -0.2) is 10.1 Å². The molecule has 0 fully saturated rings. The van der Waals surface area contributed by atoms with Crippen molar-refractivity contribution in [2.24, 2.45) is 0 Å². The fourth-order valence-corrected chi connectivity index (χ4v) is 2.16. The van der Waals surface area contributed by atoms with Crippen molar-refractivity contribution in [3.05, 3.63) is 41.1 Å². The number of aliphatic hydroxyl groups excluding tert-OH is 1. The Labute approximate surface area is 102 Å². The molecule has 2 heteroatoms. The number of unbranched alkanes of at least 4 members (excludes halogenated alkanes) is 1. The lowest BCUT2D eigenvalue weighted by molar-refractivity contribution is 0.283. The second-order valence-corrected chi connectivity index (χ2v) is 4.54. The maximum atomic E-state index is 9.40. The fraction of sp³-hybridized carbons (Fsp3) is 0.400. The van der Waals surface area contributed by atoms with Gasteiger partial charge in [0.05, 0.1) is 12.1 Å². The first-order chi connectivity index (χ1) is 8.24. The van der Waals surface area contributed by atoms with Crippen LogP contribution >= 0.6 is 0 Å². The summed E-state index contributed by atoms with van der Waals surface area (Å²) in [6.07, 6.45) is 3.52. The minimum absolute atomic E-state index is 0.0804. The lowest BCUT2D eigenvalue weighted by Crippen LogP contribution is -1.93. The summed E-state index contributed by atoms with van der Waals surface area (Å²) in [5.74, 6) is 0. The van der Waals surface area contributed by atoms with E-state index in [0.29, 0.717) is 0 Å². The number of benzene rings is 1. The molecular weight excluding hydrogens is 210 g/mol. The maximum Gasteiger partial charge on any atom is 0.0709 e. The predicted octanol–water partition coefficient (Wildman–Crippen LogP) is 3.38. The topological polar surface area (TPSA) is 33.1 Å². The maximum absolute atomic E-state index is 9.40. The molecule has 0 aliphatic heterocycles. The Hall–Kier alpha value is -1.41. The molecule has 1 N–H and O–H groups in total. The lowest BCUT2D eigenvalue weighted by Gasteiger charge is -2.07. The van der Waals surface area contributed by atoms with Gasteiger partial charge in [-0.2, -0.15) is 0 Å². The molecule has 1 aromatic carbocycles. The molecule has 1 heterocycles. The largest absolute Gasteiger partial charge is 0.392 e. The highest BCUT2D eigenvalue weighted by Gasteiger charge is 2.04. The number of aromatic nitrogens is 1. The zero-order valence-corrected chi connectivity index (χ0v) is 10.5. The molecule has 0 amide bonds. The quantitative estimate of drug-likeness (QED) is 0.871. The van der Waals surface area contributed by atoms with Gasteiger partial charge >= 0.3 is 0 Å². The minimum atomic E-state index is 0.0804. The average Bonchev–Trinajstić information content (AvgIpc) is 2.35. The van der Waals surface area contributed by atoms with E-state index in [0.717, 1.165) is 28.6 Å². The van der Waals surface area contributed by atoms with Gasteiger partial charge in [0.15, 0.2) is 0 Å². The highest BCUT2D eigenvalue weighted by molar-refractivity contribution is 5.83. The van der Waals surface area contributed by atoms with E-state index in [1.165, 1.54) is 18.4 Å². The smallest absolute Gasteiger partial charge is 0.0709 e. The summed E-state index contributed by atoms with van der Waals surface area (Å²) in [5.41, 5.74) is 4.25. The monoisotopic (exact) mass is 229 g/mol. The molecule has 0 saturated carbocycles. The Balaban J connectivity index is 2.47. The van der Waals surface area contributed by atoms with Gasteiger partial charge in [-0.25, -0.2) is 0 Å². The van der Waals surface area contributed by atoms with Crippen LogP contribution in [0.1, 0.15) is 36.6 Å². The van der Waals surface area contributed by atoms with E-state index in [9.17, 15) is 5.11 Å². The first-order valence-corrected chi connectivity index (χ1v) is 6.24. The molecule has 0 spiro atoms. The van der Waals surface area contributed by atoms with Gasteiger partial charge in [0, 0.05) is 11.1 Å². The molecule has 17 heavy (non-hydrogen) atoms. The van der Waals surface area contributed by atoms with Crippen molar-refractivity contribution in [1.82, 2.24) is 4.98 Å². The van der Waals surface area contributed by atoms with Crippen LogP contribution in [0.25, 0.3) is 10.9 Å². The van der Waals surface area contributed by atoms with Gasteiger partial charge in [0.1, 0.15) is 0 Å². The van der Waals surface area contributed by atoms with Crippen molar-refractivity contribution in [3.8, 4) is 0 Å². The number of nitrogens with zero attached hydrogens (tertiary/aromatic N) is 1. The molecule has 2 aromatic rings. The van der Waals surface area contributed by atoms with Crippen LogP contribution in [0, 0.1) is 6.92 Å². The molecular formula is C15H19NO.